The molecule has 0 aliphatic carbocycles. The smallest absolute Gasteiger partial charge is 0.280 e. The van der Waals surface area contributed by atoms with Crippen molar-refractivity contribution >= 4 is 17.2 Å². The number of thiazole rings is 1. The van der Waals surface area contributed by atoms with E-state index in [2.05, 4.69) is 10.3 Å². The summed E-state index contributed by atoms with van der Waals surface area (Å²) in [5, 5.41) is 5.23. The summed E-state index contributed by atoms with van der Waals surface area (Å²) < 4.78 is 0. The molecule has 1 aromatic heterocycles. The molecule has 1 amide bonds. The maximum absolute atomic E-state index is 11.5. The predicted molar refractivity (Wildman–Crippen MR) is 57.7 cm³/mol. The van der Waals surface area contributed by atoms with Crippen LogP contribution in [0.4, 0.5) is 0 Å². The van der Waals surface area contributed by atoms with Crippen LogP contribution in [0.3, 0.4) is 0 Å². The molecule has 1 rings (SSSR count). The van der Waals surface area contributed by atoms with Gasteiger partial charge in [-0.05, 0) is 21.0 Å². The molecule has 0 saturated carbocycles. The molecule has 0 aliphatic rings. The van der Waals surface area contributed by atoms with Crippen molar-refractivity contribution in [3.63, 3.8) is 0 Å². The molecule has 0 bridgehead atoms. The number of likely N-dealkylation sites (N-methyl/N-ethyl adjacent to an activating group) is 1. The van der Waals surface area contributed by atoms with Gasteiger partial charge in [0.2, 0.25) is 0 Å². The third-order valence-electron chi connectivity index (χ3n) is 1.66. The number of hydrogen-bond acceptors (Lipinski definition) is 4. The molecule has 0 unspecified atom stereocenters. The van der Waals surface area contributed by atoms with Gasteiger partial charge in [-0.3, -0.25) is 4.79 Å². The van der Waals surface area contributed by atoms with Gasteiger partial charge in [0, 0.05) is 24.2 Å². The number of rotatable bonds is 4. The minimum Gasteiger partial charge on any atom is -0.349 e. The Bertz CT molecular complexity index is 309. The van der Waals surface area contributed by atoms with Gasteiger partial charge in [0.05, 0.1) is 0 Å². The standard InChI is InChI=1S/C9H15N3OS/c1-7-6-14-9(11-7)8(13)10-4-5-12(2)3/h6H,4-5H2,1-3H3,(H,10,13). The van der Waals surface area contributed by atoms with E-state index in [1.54, 1.807) is 0 Å². The van der Waals surface area contributed by atoms with Gasteiger partial charge in [-0.1, -0.05) is 0 Å². The summed E-state index contributed by atoms with van der Waals surface area (Å²) in [5.74, 6) is -0.0787. The molecule has 1 N–H and O–H groups in total. The van der Waals surface area contributed by atoms with Crippen LogP contribution in [-0.4, -0.2) is 43.0 Å². The van der Waals surface area contributed by atoms with Crippen LogP contribution >= 0.6 is 11.3 Å². The fourth-order valence-corrected chi connectivity index (χ4v) is 1.64. The van der Waals surface area contributed by atoms with Gasteiger partial charge in [-0.25, -0.2) is 4.98 Å². The molecular formula is C9H15N3OS. The maximum Gasteiger partial charge on any atom is 0.280 e. The number of aryl methyl sites for hydroxylation is 1. The molecule has 0 atom stereocenters. The Morgan fingerprint density at radius 1 is 1.64 bits per heavy atom. The summed E-state index contributed by atoms with van der Waals surface area (Å²) in [6, 6.07) is 0. The summed E-state index contributed by atoms with van der Waals surface area (Å²) in [4.78, 5) is 17.6. The molecular weight excluding hydrogens is 198 g/mol. The molecule has 14 heavy (non-hydrogen) atoms. The molecule has 1 heterocycles. The Balaban J connectivity index is 2.36. The fourth-order valence-electron chi connectivity index (χ4n) is 0.927. The van der Waals surface area contributed by atoms with E-state index in [4.69, 9.17) is 0 Å². The predicted octanol–water partition coefficient (Wildman–Crippen LogP) is 0.743. The van der Waals surface area contributed by atoms with Crippen LogP contribution in [0.15, 0.2) is 5.38 Å². The summed E-state index contributed by atoms with van der Waals surface area (Å²) >= 11 is 1.38. The highest BCUT2D eigenvalue weighted by Gasteiger charge is 2.08. The molecule has 0 fully saturated rings. The number of nitrogens with zero attached hydrogens (tertiary/aromatic N) is 2. The van der Waals surface area contributed by atoms with E-state index < -0.39 is 0 Å². The first-order valence-electron chi connectivity index (χ1n) is 4.44. The van der Waals surface area contributed by atoms with E-state index in [-0.39, 0.29) is 5.91 Å². The molecule has 0 aliphatic heterocycles. The summed E-state index contributed by atoms with van der Waals surface area (Å²) in [6.07, 6.45) is 0. The van der Waals surface area contributed by atoms with Crippen molar-refractivity contribution in [1.82, 2.24) is 15.2 Å². The van der Waals surface area contributed by atoms with Gasteiger partial charge >= 0.3 is 0 Å². The van der Waals surface area contributed by atoms with Crippen molar-refractivity contribution in [2.45, 2.75) is 6.92 Å². The molecule has 5 heteroatoms. The van der Waals surface area contributed by atoms with Gasteiger partial charge in [0.1, 0.15) is 0 Å². The van der Waals surface area contributed by atoms with Crippen molar-refractivity contribution in [2.24, 2.45) is 0 Å². The first-order valence-corrected chi connectivity index (χ1v) is 5.32. The SMILES string of the molecule is Cc1csc(C(=O)NCCN(C)C)n1. The van der Waals surface area contributed by atoms with Crippen LogP contribution in [0.5, 0.6) is 0 Å². The van der Waals surface area contributed by atoms with Crippen LogP contribution < -0.4 is 5.32 Å². The van der Waals surface area contributed by atoms with Crippen molar-refractivity contribution in [1.29, 1.82) is 0 Å². The molecule has 0 saturated heterocycles. The molecule has 0 radical (unpaired) electrons. The normalized spacial score (nSPS) is 10.6. The van der Waals surface area contributed by atoms with Crippen molar-refractivity contribution in [3.05, 3.63) is 16.1 Å². The zero-order valence-corrected chi connectivity index (χ0v) is 9.52. The van der Waals surface area contributed by atoms with E-state index in [0.717, 1.165) is 12.2 Å². The lowest BCUT2D eigenvalue weighted by Gasteiger charge is -2.09. The number of amides is 1. The van der Waals surface area contributed by atoms with E-state index in [1.807, 2.05) is 31.3 Å². The zero-order valence-electron chi connectivity index (χ0n) is 8.70. The Hall–Kier alpha value is -0.940. The summed E-state index contributed by atoms with van der Waals surface area (Å²) in [5.41, 5.74) is 0.896. The quantitative estimate of drug-likeness (QED) is 0.802. The lowest BCUT2D eigenvalue weighted by molar-refractivity contribution is 0.0950. The van der Waals surface area contributed by atoms with E-state index in [9.17, 15) is 4.79 Å². The van der Waals surface area contributed by atoms with Crippen LogP contribution in [0.25, 0.3) is 0 Å². The molecule has 0 aromatic carbocycles. The average molecular weight is 213 g/mol. The van der Waals surface area contributed by atoms with Gasteiger partial charge in [-0.2, -0.15) is 0 Å². The molecule has 78 valence electrons. The highest BCUT2D eigenvalue weighted by molar-refractivity contribution is 7.11. The van der Waals surface area contributed by atoms with Gasteiger partial charge in [0.25, 0.3) is 5.91 Å². The van der Waals surface area contributed by atoms with Crippen LogP contribution in [0, 0.1) is 6.92 Å². The summed E-state index contributed by atoms with van der Waals surface area (Å²) in [7, 11) is 3.94. The Morgan fingerprint density at radius 3 is 2.86 bits per heavy atom. The third kappa shape index (κ3) is 3.43. The Kier molecular flexibility index (Phi) is 4.03. The Labute approximate surface area is 88.0 Å². The first kappa shape index (κ1) is 11.1. The minimum atomic E-state index is -0.0787. The molecule has 1 aromatic rings. The average Bonchev–Trinajstić information content (AvgIpc) is 2.51. The van der Waals surface area contributed by atoms with Crippen molar-refractivity contribution in [2.75, 3.05) is 27.2 Å². The minimum absolute atomic E-state index is 0.0787. The number of carbonyl (C=O) groups is 1. The van der Waals surface area contributed by atoms with Crippen molar-refractivity contribution < 1.29 is 4.79 Å². The van der Waals surface area contributed by atoms with Crippen LogP contribution in [0.2, 0.25) is 0 Å². The topological polar surface area (TPSA) is 45.2 Å². The van der Waals surface area contributed by atoms with Gasteiger partial charge in [0.15, 0.2) is 5.01 Å². The second-order valence-electron chi connectivity index (χ2n) is 3.35. The highest BCUT2D eigenvalue weighted by atomic mass is 32.1. The van der Waals surface area contributed by atoms with Gasteiger partial charge in [-0.15, -0.1) is 11.3 Å². The second-order valence-corrected chi connectivity index (χ2v) is 4.21. The Morgan fingerprint density at radius 2 is 2.36 bits per heavy atom. The monoisotopic (exact) mass is 213 g/mol. The number of aromatic nitrogens is 1. The lowest BCUT2D eigenvalue weighted by Crippen LogP contribution is -2.31. The van der Waals surface area contributed by atoms with Crippen LogP contribution in [0.1, 0.15) is 15.5 Å². The zero-order chi connectivity index (χ0) is 10.6. The third-order valence-corrected chi connectivity index (χ3v) is 2.62. The van der Waals surface area contributed by atoms with Crippen molar-refractivity contribution in [3.8, 4) is 0 Å². The van der Waals surface area contributed by atoms with E-state index >= 15 is 0 Å². The molecule has 4 nitrogen and oxygen atoms in total. The largest absolute Gasteiger partial charge is 0.349 e. The highest BCUT2D eigenvalue weighted by Crippen LogP contribution is 2.07. The summed E-state index contributed by atoms with van der Waals surface area (Å²) in [6.45, 7) is 3.38. The van der Waals surface area contributed by atoms with Gasteiger partial charge < -0.3 is 10.2 Å². The number of nitrogens with one attached hydrogen (secondary N) is 1. The van der Waals surface area contributed by atoms with E-state index in [0.29, 0.717) is 11.6 Å². The number of carbonyl (C=O) groups excluding carboxylic acids is 1. The lowest BCUT2D eigenvalue weighted by atomic mass is 10.5. The second kappa shape index (κ2) is 5.07. The molecule has 0 spiro atoms. The fraction of sp³-hybridized carbons (Fsp3) is 0.556. The first-order chi connectivity index (χ1) is 6.59. The number of hydrogen-bond donors (Lipinski definition) is 1. The maximum atomic E-state index is 11.5. The van der Waals surface area contributed by atoms with E-state index in [1.165, 1.54) is 11.3 Å². The van der Waals surface area contributed by atoms with Crippen LogP contribution in [-0.2, 0) is 0 Å².